The number of hydrogen-bond acceptors (Lipinski definition) is 4. The van der Waals surface area contributed by atoms with Crippen LogP contribution >= 0.6 is 16.5 Å². The molecule has 12 heavy (non-hydrogen) atoms. The molecule has 0 saturated heterocycles. The van der Waals surface area contributed by atoms with Crippen molar-refractivity contribution in [3.05, 3.63) is 24.5 Å². The number of rotatable bonds is 5. The molecule has 0 aliphatic rings. The lowest BCUT2D eigenvalue weighted by atomic mass is 10.4. The molecule has 0 aromatic carbocycles. The van der Waals surface area contributed by atoms with Gasteiger partial charge in [-0.2, -0.15) is 0 Å². The summed E-state index contributed by atoms with van der Waals surface area (Å²) in [6, 6.07) is 0. The van der Waals surface area contributed by atoms with E-state index in [0.717, 1.165) is 6.26 Å². The van der Waals surface area contributed by atoms with Crippen LogP contribution in [0.3, 0.4) is 0 Å². The first-order valence-corrected chi connectivity index (χ1v) is 5.05. The summed E-state index contributed by atoms with van der Waals surface area (Å²) in [7, 11) is -5.45. The van der Waals surface area contributed by atoms with E-state index in [9.17, 15) is 9.13 Å². The monoisotopic (exact) mass is 210 g/mol. The van der Waals surface area contributed by atoms with Gasteiger partial charge in [-0.25, -0.2) is 4.52 Å². The zero-order chi connectivity index (χ0) is 9.56. The summed E-state index contributed by atoms with van der Waals surface area (Å²) in [5.41, 5.74) is 0.701. The third-order valence-electron chi connectivity index (χ3n) is 0.636. The average Bonchev–Trinajstić information content (AvgIpc) is 1.84. The van der Waals surface area contributed by atoms with Crippen LogP contribution < -0.4 is 0 Å². The maximum Gasteiger partial charge on any atom is 0.800 e. The molecule has 0 amide bonds. The van der Waals surface area contributed by atoms with Crippen LogP contribution in [-0.2, 0) is 18.0 Å². The summed E-state index contributed by atoms with van der Waals surface area (Å²) < 4.78 is 28.7. The van der Waals surface area contributed by atoms with Gasteiger partial charge < -0.3 is 0 Å². The molecule has 0 aromatic rings. The third-order valence-corrected chi connectivity index (χ3v) is 2.02. The zero-order valence-electron chi connectivity index (χ0n) is 6.34. The van der Waals surface area contributed by atoms with E-state index in [2.05, 4.69) is 15.4 Å². The molecule has 2 atom stereocenters. The zero-order valence-corrected chi connectivity index (χ0v) is 8.13. The predicted molar refractivity (Wildman–Crippen MR) is 43.6 cm³/mol. The Balaban J connectivity index is 3.71. The highest BCUT2D eigenvalue weighted by atomic mass is 31.2. The molecule has 1 N–H and O–H groups in total. The first-order chi connectivity index (χ1) is 5.52. The maximum absolute atomic E-state index is 10.5. The second kappa shape index (κ2) is 5.98. The molecule has 0 aromatic heterocycles. The molecule has 0 fully saturated rings. The largest absolute Gasteiger partial charge is 0.800 e. The fraction of sp³-hybridized carbons (Fsp3) is 0.200. The summed E-state index contributed by atoms with van der Waals surface area (Å²) in [6.45, 7) is 5.21. The summed E-state index contributed by atoms with van der Waals surface area (Å²) in [5, 5.41) is 0. The molecule has 0 heterocycles. The van der Waals surface area contributed by atoms with Gasteiger partial charge in [-0.3, -0.25) is 0 Å². The van der Waals surface area contributed by atoms with Crippen molar-refractivity contribution in [3.8, 4) is 0 Å². The normalized spacial score (nSPS) is 12.8. The fourth-order valence-electron chi connectivity index (χ4n) is 0.273. The highest BCUT2D eigenvalue weighted by molar-refractivity contribution is 7.47. The fourth-order valence-corrected chi connectivity index (χ4v) is 1.04. The first-order valence-electron chi connectivity index (χ1n) is 2.82. The Kier molecular flexibility index (Phi) is 5.68. The van der Waals surface area contributed by atoms with Crippen molar-refractivity contribution < 1.29 is 22.9 Å². The highest BCUT2D eigenvalue weighted by Gasteiger charge is 2.36. The van der Waals surface area contributed by atoms with Crippen molar-refractivity contribution in [1.29, 1.82) is 0 Å². The lowest BCUT2D eigenvalue weighted by molar-refractivity contribution is 0.356. The Bertz CT molecular complexity index is 234. The van der Waals surface area contributed by atoms with Gasteiger partial charge in [-0.15, -0.1) is 4.89 Å². The average molecular weight is 210 g/mol. The van der Waals surface area contributed by atoms with Gasteiger partial charge in [0.2, 0.25) is 0 Å². The minimum absolute atomic E-state index is 0.701. The molecule has 0 bridgehead atoms. The van der Waals surface area contributed by atoms with Crippen LogP contribution in [0, 0.1) is 0 Å². The van der Waals surface area contributed by atoms with Crippen molar-refractivity contribution in [3.63, 3.8) is 0 Å². The summed E-state index contributed by atoms with van der Waals surface area (Å²) in [5.74, 6) is 0. The second-order valence-corrected chi connectivity index (χ2v) is 3.58. The second-order valence-electron chi connectivity index (χ2n) is 1.80. The smallest absolute Gasteiger partial charge is 0.235 e. The summed E-state index contributed by atoms with van der Waals surface area (Å²) in [4.78, 5) is 8.11. The molecular formula is C5H8O5P2+2. The quantitative estimate of drug-likeness (QED) is 0.428. The molecule has 7 heteroatoms. The van der Waals surface area contributed by atoms with E-state index in [-0.39, 0.29) is 0 Å². The van der Waals surface area contributed by atoms with Crippen LogP contribution in [0.1, 0.15) is 6.92 Å². The molecule has 0 aliphatic heterocycles. The van der Waals surface area contributed by atoms with Crippen LogP contribution in [0.4, 0.5) is 0 Å². The molecule has 0 spiro atoms. The van der Waals surface area contributed by atoms with E-state index in [4.69, 9.17) is 4.89 Å². The van der Waals surface area contributed by atoms with Crippen LogP contribution in [0.25, 0.3) is 0 Å². The topological polar surface area (TPSA) is 72.8 Å². The van der Waals surface area contributed by atoms with E-state index < -0.39 is 16.5 Å². The maximum atomic E-state index is 10.5. The molecule has 0 aliphatic carbocycles. The molecule has 2 unspecified atom stereocenters. The van der Waals surface area contributed by atoms with Crippen molar-refractivity contribution in [2.45, 2.75) is 6.92 Å². The van der Waals surface area contributed by atoms with E-state index >= 15 is 0 Å². The van der Waals surface area contributed by atoms with E-state index in [1.807, 2.05) is 0 Å². The van der Waals surface area contributed by atoms with E-state index in [1.54, 1.807) is 6.92 Å². The van der Waals surface area contributed by atoms with E-state index in [0.29, 0.717) is 5.57 Å². The van der Waals surface area contributed by atoms with Crippen molar-refractivity contribution in [2.24, 2.45) is 0 Å². The Hall–Kier alpha value is -0.600. The van der Waals surface area contributed by atoms with Gasteiger partial charge >= 0.3 is 16.5 Å². The van der Waals surface area contributed by atoms with Gasteiger partial charge in [-0.05, 0) is 13.0 Å². The van der Waals surface area contributed by atoms with Gasteiger partial charge in [0, 0.05) is 9.13 Å². The molecule has 0 rings (SSSR count). The van der Waals surface area contributed by atoms with E-state index in [1.165, 1.54) is 6.08 Å². The Morgan fingerprint density at radius 3 is 2.58 bits per heavy atom. The van der Waals surface area contributed by atoms with Crippen LogP contribution in [0.15, 0.2) is 24.5 Å². The molecular weight excluding hydrogens is 202 g/mol. The number of allylic oxidation sites excluding steroid dienone is 2. The van der Waals surface area contributed by atoms with Gasteiger partial charge in [0.1, 0.15) is 0 Å². The van der Waals surface area contributed by atoms with Crippen molar-refractivity contribution in [2.75, 3.05) is 0 Å². The summed E-state index contributed by atoms with van der Waals surface area (Å²) in [6.07, 6.45) is 2.53. The Morgan fingerprint density at radius 1 is 1.58 bits per heavy atom. The Morgan fingerprint density at radius 2 is 2.17 bits per heavy atom. The lowest BCUT2D eigenvalue weighted by Gasteiger charge is -1.78. The minimum atomic E-state index is -2.89. The Labute approximate surface area is 71.6 Å². The van der Waals surface area contributed by atoms with Crippen molar-refractivity contribution in [1.82, 2.24) is 0 Å². The third kappa shape index (κ3) is 7.51. The predicted octanol–water partition coefficient (Wildman–Crippen LogP) is 2.42. The lowest BCUT2D eigenvalue weighted by Crippen LogP contribution is -1.69. The molecule has 66 valence electrons. The van der Waals surface area contributed by atoms with Crippen LogP contribution in [0.5, 0.6) is 0 Å². The van der Waals surface area contributed by atoms with Gasteiger partial charge in [-0.1, -0.05) is 12.2 Å². The van der Waals surface area contributed by atoms with Crippen molar-refractivity contribution >= 4 is 16.5 Å². The SMILES string of the molecule is C=C(C)C=CO[P+](=O)O[P+](=O)O. The number of hydrogen-bond donors (Lipinski definition) is 1. The van der Waals surface area contributed by atoms with Gasteiger partial charge in [0.25, 0.3) is 0 Å². The standard InChI is InChI=1S/C5H7O5P2/c1-5(2)3-4-9-12(8)10-11(6)7/h3-4H,1H2,2H3/q+1/p+1. The molecule has 0 saturated carbocycles. The summed E-state index contributed by atoms with van der Waals surface area (Å²) >= 11 is 0. The van der Waals surface area contributed by atoms with Gasteiger partial charge in [0.15, 0.2) is 10.6 Å². The van der Waals surface area contributed by atoms with Gasteiger partial charge in [0.05, 0.1) is 0 Å². The van der Waals surface area contributed by atoms with Crippen LogP contribution in [-0.4, -0.2) is 4.89 Å². The van der Waals surface area contributed by atoms with Crippen LogP contribution in [0.2, 0.25) is 0 Å². The minimum Gasteiger partial charge on any atom is -0.235 e. The highest BCUT2D eigenvalue weighted by Crippen LogP contribution is 2.36. The molecule has 0 radical (unpaired) electrons. The molecule has 5 nitrogen and oxygen atoms in total. The first kappa shape index (κ1) is 11.4.